The van der Waals surface area contributed by atoms with Crippen molar-refractivity contribution in [3.8, 4) is 5.75 Å². The summed E-state index contributed by atoms with van der Waals surface area (Å²) in [7, 11) is 1.61. The Hall–Kier alpha value is -2.88. The Labute approximate surface area is 159 Å². The molecule has 3 rings (SSSR count). The molecule has 1 aliphatic rings. The highest BCUT2D eigenvalue weighted by atomic mass is 16.5. The molecule has 0 heterocycles. The normalized spacial score (nSPS) is 19.4. The maximum absolute atomic E-state index is 12.9. The third-order valence-corrected chi connectivity index (χ3v) is 4.97. The van der Waals surface area contributed by atoms with Gasteiger partial charge in [0.2, 0.25) is 0 Å². The minimum atomic E-state index is -0.812. The Morgan fingerprint density at radius 1 is 1.07 bits per heavy atom. The van der Waals surface area contributed by atoms with E-state index < -0.39 is 11.9 Å². The van der Waals surface area contributed by atoms with E-state index in [9.17, 15) is 9.59 Å². The number of ketones is 1. The molecular formula is C23H24O4. The number of esters is 1. The third kappa shape index (κ3) is 4.11. The first-order chi connectivity index (χ1) is 13.0. The van der Waals surface area contributed by atoms with Crippen molar-refractivity contribution in [1.29, 1.82) is 0 Å². The molecule has 0 aromatic heterocycles. The van der Waals surface area contributed by atoms with Crippen LogP contribution in [0.3, 0.4) is 0 Å². The first-order valence-electron chi connectivity index (χ1n) is 9.15. The number of carbonyl (C=O) groups is 2. The minimum Gasteiger partial charge on any atom is -0.497 e. The summed E-state index contributed by atoms with van der Waals surface area (Å²) in [6.07, 6.45) is 2.21. The van der Waals surface area contributed by atoms with Gasteiger partial charge in [0, 0.05) is 5.92 Å². The van der Waals surface area contributed by atoms with Gasteiger partial charge < -0.3 is 9.47 Å². The molecule has 2 aromatic rings. The lowest BCUT2D eigenvalue weighted by Gasteiger charge is -2.29. The van der Waals surface area contributed by atoms with Crippen LogP contribution in [0.5, 0.6) is 5.75 Å². The van der Waals surface area contributed by atoms with Crippen LogP contribution in [0.1, 0.15) is 36.0 Å². The Bertz CT molecular complexity index is 847. The highest BCUT2D eigenvalue weighted by Crippen LogP contribution is 2.40. The summed E-state index contributed by atoms with van der Waals surface area (Å²) in [6.45, 7) is 4.04. The van der Waals surface area contributed by atoms with Gasteiger partial charge in [-0.1, -0.05) is 42.0 Å². The van der Waals surface area contributed by atoms with Crippen LogP contribution >= 0.6 is 0 Å². The van der Waals surface area contributed by atoms with Crippen LogP contribution in [-0.2, 0) is 14.3 Å². The highest BCUT2D eigenvalue weighted by Gasteiger charge is 2.39. The zero-order valence-corrected chi connectivity index (χ0v) is 15.9. The molecule has 0 radical (unpaired) electrons. The van der Waals surface area contributed by atoms with Crippen molar-refractivity contribution in [2.45, 2.75) is 26.2 Å². The smallest absolute Gasteiger partial charge is 0.317 e. The van der Waals surface area contributed by atoms with Crippen molar-refractivity contribution < 1.29 is 19.1 Å². The molecular weight excluding hydrogens is 340 g/mol. The summed E-state index contributed by atoms with van der Waals surface area (Å²) in [5, 5.41) is 0. The molecule has 0 fully saturated rings. The predicted molar refractivity (Wildman–Crippen MR) is 105 cm³/mol. The van der Waals surface area contributed by atoms with Crippen molar-refractivity contribution in [3.63, 3.8) is 0 Å². The summed E-state index contributed by atoms with van der Waals surface area (Å²) in [5.41, 5.74) is 4.05. The second kappa shape index (κ2) is 8.21. The molecule has 27 heavy (non-hydrogen) atoms. The number of hydrogen-bond donors (Lipinski definition) is 0. The molecule has 0 N–H and O–H groups in total. The van der Waals surface area contributed by atoms with Crippen molar-refractivity contribution in [1.82, 2.24) is 0 Å². The van der Waals surface area contributed by atoms with Crippen LogP contribution in [0.25, 0.3) is 5.57 Å². The molecule has 0 unspecified atom stereocenters. The van der Waals surface area contributed by atoms with Crippen LogP contribution in [-0.4, -0.2) is 25.5 Å². The molecule has 0 bridgehead atoms. The third-order valence-electron chi connectivity index (χ3n) is 4.97. The van der Waals surface area contributed by atoms with Crippen LogP contribution in [0.15, 0.2) is 54.6 Å². The lowest BCUT2D eigenvalue weighted by Crippen LogP contribution is -2.34. The maximum atomic E-state index is 12.9. The van der Waals surface area contributed by atoms with Crippen molar-refractivity contribution >= 4 is 17.3 Å². The minimum absolute atomic E-state index is 0.198. The summed E-state index contributed by atoms with van der Waals surface area (Å²) >= 11 is 0. The molecule has 140 valence electrons. The summed E-state index contributed by atoms with van der Waals surface area (Å²) < 4.78 is 10.4. The number of ether oxygens (including phenoxy) is 2. The topological polar surface area (TPSA) is 52.6 Å². The Morgan fingerprint density at radius 3 is 2.33 bits per heavy atom. The van der Waals surface area contributed by atoms with Crippen molar-refractivity contribution in [2.75, 3.05) is 13.7 Å². The molecule has 2 atom stereocenters. The second-order valence-electron chi connectivity index (χ2n) is 6.75. The van der Waals surface area contributed by atoms with Crippen molar-refractivity contribution in [3.05, 3.63) is 71.3 Å². The van der Waals surface area contributed by atoms with E-state index in [1.165, 1.54) is 0 Å². The molecule has 0 saturated carbocycles. The van der Waals surface area contributed by atoms with E-state index in [-0.39, 0.29) is 18.3 Å². The molecule has 4 heteroatoms. The lowest BCUT2D eigenvalue weighted by molar-refractivity contribution is -0.151. The van der Waals surface area contributed by atoms with Crippen molar-refractivity contribution in [2.24, 2.45) is 5.92 Å². The average molecular weight is 364 g/mol. The quantitative estimate of drug-likeness (QED) is 0.586. The number of carbonyl (C=O) groups excluding carboxylic acids is 2. The van der Waals surface area contributed by atoms with Crippen LogP contribution < -0.4 is 4.74 Å². The summed E-state index contributed by atoms with van der Waals surface area (Å²) in [5.74, 6) is -0.988. The Kier molecular flexibility index (Phi) is 5.75. The maximum Gasteiger partial charge on any atom is 0.317 e. The first kappa shape index (κ1) is 18.9. The van der Waals surface area contributed by atoms with Crippen LogP contribution in [0.2, 0.25) is 0 Å². The number of aryl methyl sites for hydroxylation is 1. The van der Waals surface area contributed by atoms with Crippen LogP contribution in [0, 0.1) is 12.8 Å². The van der Waals surface area contributed by atoms with Gasteiger partial charge in [-0.15, -0.1) is 0 Å². The number of hydrogen-bond acceptors (Lipinski definition) is 4. The monoisotopic (exact) mass is 364 g/mol. The largest absolute Gasteiger partial charge is 0.497 e. The average Bonchev–Trinajstić information content (AvgIpc) is 2.68. The predicted octanol–water partition coefficient (Wildman–Crippen LogP) is 4.32. The molecule has 1 aliphatic carbocycles. The van der Waals surface area contributed by atoms with E-state index in [2.05, 4.69) is 0 Å². The molecule has 0 saturated heterocycles. The van der Waals surface area contributed by atoms with Gasteiger partial charge in [-0.3, -0.25) is 9.59 Å². The molecule has 0 spiro atoms. The Morgan fingerprint density at radius 2 is 1.74 bits per heavy atom. The van der Waals surface area contributed by atoms with Gasteiger partial charge in [-0.25, -0.2) is 0 Å². The number of rotatable bonds is 5. The fourth-order valence-corrected chi connectivity index (χ4v) is 3.52. The SMILES string of the molecule is CCOC(=O)[C@H]1C(=O)C=C(c2ccc(C)cc2)C[C@@H]1c1ccc(OC)cc1. The number of benzene rings is 2. The van der Waals surface area contributed by atoms with Gasteiger partial charge in [0.1, 0.15) is 11.7 Å². The van der Waals surface area contributed by atoms with E-state index in [0.717, 1.165) is 28.0 Å². The molecule has 0 aliphatic heterocycles. The van der Waals surface area contributed by atoms with Gasteiger partial charge in [-0.2, -0.15) is 0 Å². The van der Waals surface area contributed by atoms with Gasteiger partial charge in [-0.05, 0) is 55.2 Å². The second-order valence-corrected chi connectivity index (χ2v) is 6.75. The van der Waals surface area contributed by atoms with Gasteiger partial charge in [0.25, 0.3) is 0 Å². The fourth-order valence-electron chi connectivity index (χ4n) is 3.52. The van der Waals surface area contributed by atoms with Gasteiger partial charge >= 0.3 is 5.97 Å². The molecule has 4 nitrogen and oxygen atoms in total. The number of allylic oxidation sites excluding steroid dienone is 2. The first-order valence-corrected chi connectivity index (χ1v) is 9.15. The lowest BCUT2D eigenvalue weighted by atomic mass is 9.73. The zero-order valence-electron chi connectivity index (χ0n) is 15.9. The van der Waals surface area contributed by atoms with E-state index in [4.69, 9.17) is 9.47 Å². The highest BCUT2D eigenvalue weighted by molar-refractivity contribution is 6.10. The van der Waals surface area contributed by atoms with E-state index in [1.807, 2.05) is 55.5 Å². The fraction of sp³-hybridized carbons (Fsp3) is 0.304. The van der Waals surface area contributed by atoms with E-state index in [1.54, 1.807) is 20.1 Å². The van der Waals surface area contributed by atoms with E-state index in [0.29, 0.717) is 6.42 Å². The molecule has 2 aromatic carbocycles. The zero-order chi connectivity index (χ0) is 19.4. The molecule has 0 amide bonds. The van der Waals surface area contributed by atoms with Gasteiger partial charge in [0.05, 0.1) is 13.7 Å². The number of methoxy groups -OCH3 is 1. The summed E-state index contributed by atoms with van der Waals surface area (Å²) in [4.78, 5) is 25.4. The Balaban J connectivity index is 1.99. The van der Waals surface area contributed by atoms with Crippen LogP contribution in [0.4, 0.5) is 0 Å². The standard InChI is InChI=1S/C23H24O4/c1-4-27-23(25)22-20(17-9-11-19(26-3)12-10-17)13-18(14-21(22)24)16-7-5-15(2)6-8-16/h5-12,14,20,22H,4,13H2,1-3H3/t20-,22-/m1/s1. The van der Waals surface area contributed by atoms with Gasteiger partial charge in [0.15, 0.2) is 5.78 Å². The summed E-state index contributed by atoms with van der Waals surface area (Å²) in [6, 6.07) is 15.6. The van der Waals surface area contributed by atoms with E-state index >= 15 is 0 Å².